The molecule has 0 saturated carbocycles. The van der Waals surface area contributed by atoms with Crippen LogP contribution in [0.15, 0.2) is 0 Å². The largest absolute Gasteiger partial charge is 0.394 e. The second-order valence-corrected chi connectivity index (χ2v) is 15.8. The van der Waals surface area contributed by atoms with E-state index in [2.05, 4.69) is 25.9 Å². The number of ketones is 1. The lowest BCUT2D eigenvalue weighted by molar-refractivity contribution is -0.147. The summed E-state index contributed by atoms with van der Waals surface area (Å²) < 4.78 is 0. The minimum Gasteiger partial charge on any atom is -0.394 e. The van der Waals surface area contributed by atoms with E-state index in [0.717, 1.165) is 0 Å². The van der Waals surface area contributed by atoms with Gasteiger partial charge in [-0.3, -0.25) is 19.2 Å². The highest BCUT2D eigenvalue weighted by Gasteiger charge is 2.37. The van der Waals surface area contributed by atoms with Crippen molar-refractivity contribution in [2.75, 3.05) is 76.3 Å². The lowest BCUT2D eigenvalue weighted by atomic mass is 10.0. The molecule has 0 aromatic carbocycles. The lowest BCUT2D eigenvalue weighted by Gasteiger charge is -2.33. The van der Waals surface area contributed by atoms with Gasteiger partial charge in [-0.1, -0.05) is 6.92 Å². The Labute approximate surface area is 390 Å². The SMILES string of the molecule is CCNc1nc(C(=O)NCC(=O)N(CC(O)C(O)C(O)C(O)CO)CC(O)C(O)C(O)C(O)CO)c(NCC)nc1C(=O)CCC(=O)N(CC(O)C(O)C(O)CO)CC(O)C(O)C(O)C(O)CC. The number of aromatic nitrogens is 2. The first-order chi connectivity index (χ1) is 31.9. The molecular formula is C39H71N7O22. The normalized spacial score (nSPS) is 18.5. The zero-order valence-electron chi connectivity index (χ0n) is 37.8. The van der Waals surface area contributed by atoms with E-state index in [1.54, 1.807) is 13.8 Å². The molecule has 1 aromatic heterocycles. The van der Waals surface area contributed by atoms with E-state index in [9.17, 15) is 101 Å². The highest BCUT2D eigenvalue weighted by molar-refractivity contribution is 6.03. The van der Waals surface area contributed by atoms with Gasteiger partial charge in [-0.05, 0) is 20.3 Å². The summed E-state index contributed by atoms with van der Waals surface area (Å²) in [4.78, 5) is 64.0. The van der Waals surface area contributed by atoms with Crippen LogP contribution < -0.4 is 16.0 Å². The summed E-state index contributed by atoms with van der Waals surface area (Å²) in [5, 5.41) is 188. The summed E-state index contributed by atoms with van der Waals surface area (Å²) in [6, 6.07) is 0. The molecule has 0 aliphatic carbocycles. The van der Waals surface area contributed by atoms with E-state index in [1.165, 1.54) is 6.92 Å². The van der Waals surface area contributed by atoms with Crippen LogP contribution in [0.4, 0.5) is 11.6 Å². The number of hydrogen-bond acceptors (Lipinski definition) is 26. The third-order valence-electron chi connectivity index (χ3n) is 10.5. The van der Waals surface area contributed by atoms with Crippen molar-refractivity contribution in [2.24, 2.45) is 0 Å². The lowest BCUT2D eigenvalue weighted by Crippen LogP contribution is -2.55. The van der Waals surface area contributed by atoms with Crippen molar-refractivity contribution in [3.05, 3.63) is 11.4 Å². The predicted octanol–water partition coefficient (Wildman–Crippen LogP) is -10.5. The van der Waals surface area contributed by atoms with Crippen molar-refractivity contribution in [3.63, 3.8) is 0 Å². The van der Waals surface area contributed by atoms with Gasteiger partial charge in [0.25, 0.3) is 5.91 Å². The van der Waals surface area contributed by atoms with Gasteiger partial charge in [-0.2, -0.15) is 0 Å². The fourth-order valence-corrected chi connectivity index (χ4v) is 6.30. The number of carbonyl (C=O) groups excluding carboxylic acids is 4. The van der Waals surface area contributed by atoms with E-state index >= 15 is 0 Å². The van der Waals surface area contributed by atoms with Gasteiger partial charge in [-0.25, -0.2) is 9.97 Å². The third-order valence-corrected chi connectivity index (χ3v) is 10.5. The summed E-state index contributed by atoms with van der Waals surface area (Å²) >= 11 is 0. The second-order valence-electron chi connectivity index (χ2n) is 15.8. The molecule has 29 heteroatoms. The van der Waals surface area contributed by atoms with Gasteiger partial charge in [0, 0.05) is 52.1 Å². The van der Waals surface area contributed by atoms with Crippen molar-refractivity contribution >= 4 is 35.1 Å². The summed E-state index contributed by atoms with van der Waals surface area (Å²) in [6.45, 7) is -2.95. The molecule has 1 aromatic rings. The highest BCUT2D eigenvalue weighted by atomic mass is 16.4. The van der Waals surface area contributed by atoms with Crippen molar-refractivity contribution in [1.82, 2.24) is 25.1 Å². The van der Waals surface area contributed by atoms with E-state index in [4.69, 9.17) is 10.2 Å². The van der Waals surface area contributed by atoms with Gasteiger partial charge in [0.05, 0.1) is 32.5 Å². The van der Waals surface area contributed by atoms with Crippen molar-refractivity contribution in [2.45, 2.75) is 132 Å². The molecule has 0 aliphatic rings. The number of aliphatic hydroxyl groups is 18. The number of Topliss-reactive ketones (excluding diaryl/α,β-unsaturated/α-hetero) is 1. The number of nitrogens with one attached hydrogen (secondary N) is 3. The molecule has 15 unspecified atom stereocenters. The Morgan fingerprint density at radius 1 is 0.456 bits per heavy atom. The first-order valence-corrected chi connectivity index (χ1v) is 21.7. The summed E-state index contributed by atoms with van der Waals surface area (Å²) in [6.07, 6.45) is -31.5. The van der Waals surface area contributed by atoms with Crippen LogP contribution in [0.2, 0.25) is 0 Å². The molecule has 21 N–H and O–H groups in total. The Morgan fingerprint density at radius 2 is 0.794 bits per heavy atom. The molecule has 394 valence electrons. The molecular weight excluding hydrogens is 918 g/mol. The number of aliphatic hydroxyl groups excluding tert-OH is 18. The molecule has 29 nitrogen and oxygen atoms in total. The van der Waals surface area contributed by atoms with Gasteiger partial charge >= 0.3 is 0 Å². The maximum atomic E-state index is 13.7. The van der Waals surface area contributed by atoms with E-state index in [-0.39, 0.29) is 31.1 Å². The predicted molar refractivity (Wildman–Crippen MR) is 231 cm³/mol. The Hall–Kier alpha value is -3.96. The average Bonchev–Trinajstić information content (AvgIpc) is 3.33. The van der Waals surface area contributed by atoms with Crippen molar-refractivity contribution in [3.8, 4) is 0 Å². The quantitative estimate of drug-likeness (QED) is 0.0285. The van der Waals surface area contributed by atoms with Crippen LogP contribution in [0.3, 0.4) is 0 Å². The fourth-order valence-electron chi connectivity index (χ4n) is 6.30. The first-order valence-electron chi connectivity index (χ1n) is 21.7. The van der Waals surface area contributed by atoms with Crippen LogP contribution in [0.1, 0.15) is 61.0 Å². The van der Waals surface area contributed by atoms with Crippen molar-refractivity contribution in [1.29, 1.82) is 0 Å². The molecule has 3 amide bonds. The van der Waals surface area contributed by atoms with Gasteiger partial charge in [0.1, 0.15) is 85.5 Å². The molecule has 0 saturated heterocycles. The van der Waals surface area contributed by atoms with Gasteiger partial charge in [0.2, 0.25) is 11.8 Å². The zero-order valence-corrected chi connectivity index (χ0v) is 37.8. The number of hydrogen-bond donors (Lipinski definition) is 21. The fraction of sp³-hybridized carbons (Fsp3) is 0.795. The second kappa shape index (κ2) is 30.6. The molecule has 0 aliphatic heterocycles. The standard InChI is InChI=1S/C39H71N7O22/c1-4-17(50)31(62)32(63)20(53)11-45(10-19(52)30(61)23(56)14-47)26(59)8-7-18(51)28-37(40-5-2)44-29(38(43-28)41-6-3)39(68)42-9-27(60)46(12-21(54)33(64)35(66)24(57)15-48)13-22(55)34(65)36(67)25(58)16-49/h17,19-25,30-36,47-50,52-58,61-67H,4-16H2,1-3H3,(H,40,44)(H,41,43)(H,42,68). The Balaban J connectivity index is 3.48. The van der Waals surface area contributed by atoms with Gasteiger partial charge in [-0.15, -0.1) is 0 Å². The summed E-state index contributed by atoms with van der Waals surface area (Å²) in [7, 11) is 0. The number of amides is 3. The number of nitrogens with zero attached hydrogens (tertiary/aromatic N) is 4. The number of anilines is 2. The van der Waals surface area contributed by atoms with Crippen LogP contribution in [-0.2, 0) is 9.59 Å². The van der Waals surface area contributed by atoms with Crippen LogP contribution in [0.25, 0.3) is 0 Å². The molecule has 1 rings (SSSR count). The Morgan fingerprint density at radius 3 is 1.19 bits per heavy atom. The maximum absolute atomic E-state index is 13.7. The van der Waals surface area contributed by atoms with E-state index in [0.29, 0.717) is 9.80 Å². The Kier molecular flexibility index (Phi) is 27.9. The van der Waals surface area contributed by atoms with E-state index in [1.807, 2.05) is 0 Å². The van der Waals surface area contributed by atoms with Crippen molar-refractivity contribution < 1.29 is 111 Å². The van der Waals surface area contributed by atoms with Crippen LogP contribution >= 0.6 is 0 Å². The molecule has 0 fully saturated rings. The van der Waals surface area contributed by atoms with Gasteiger partial charge in [0.15, 0.2) is 28.8 Å². The molecule has 15 atom stereocenters. The topological polar surface area (TPSA) is 501 Å². The molecule has 0 bridgehead atoms. The highest BCUT2D eigenvalue weighted by Crippen LogP contribution is 2.22. The molecule has 0 spiro atoms. The minimum absolute atomic E-state index is 0.0316. The average molecular weight is 990 g/mol. The summed E-state index contributed by atoms with van der Waals surface area (Å²) in [5.41, 5.74) is -0.939. The molecule has 1 heterocycles. The monoisotopic (exact) mass is 989 g/mol. The minimum atomic E-state index is -2.22. The molecule has 68 heavy (non-hydrogen) atoms. The Bertz CT molecular complexity index is 1660. The number of rotatable bonds is 34. The summed E-state index contributed by atoms with van der Waals surface area (Å²) in [5.74, 6) is -4.78. The molecule has 0 radical (unpaired) electrons. The van der Waals surface area contributed by atoms with Crippen LogP contribution in [-0.4, -0.2) is 292 Å². The van der Waals surface area contributed by atoms with Crippen LogP contribution in [0, 0.1) is 0 Å². The smallest absolute Gasteiger partial charge is 0.274 e. The van der Waals surface area contributed by atoms with Gasteiger partial charge < -0.3 is 118 Å². The van der Waals surface area contributed by atoms with E-state index < -0.39 is 192 Å². The van der Waals surface area contributed by atoms with Crippen LogP contribution in [0.5, 0.6) is 0 Å². The first kappa shape index (κ1) is 62.1. The zero-order chi connectivity index (χ0) is 52.2. The maximum Gasteiger partial charge on any atom is 0.274 e. The third kappa shape index (κ3) is 18.4. The number of carbonyl (C=O) groups is 4.